The van der Waals surface area contributed by atoms with Gasteiger partial charge in [-0.3, -0.25) is 4.68 Å². The number of para-hydroxylation sites is 2. The van der Waals surface area contributed by atoms with Gasteiger partial charge in [0.05, 0.1) is 23.3 Å². The molecule has 1 aliphatic rings. The Balaban J connectivity index is 1.34. The average Bonchev–Trinajstić information content (AvgIpc) is 3.53. The van der Waals surface area contributed by atoms with Crippen molar-refractivity contribution in [2.24, 2.45) is 0 Å². The number of nitrogens with one attached hydrogen (secondary N) is 1. The summed E-state index contributed by atoms with van der Waals surface area (Å²) < 4.78 is 8.53. The Hall–Kier alpha value is -3.47. The molecule has 0 saturated carbocycles. The first-order valence-electron chi connectivity index (χ1n) is 12.0. The smallest absolute Gasteiger partial charge is 0.141 e. The predicted octanol–water partition coefficient (Wildman–Crippen LogP) is 4.19. The number of unbranched alkanes of at least 4 members (excludes halogenated alkanes) is 1. The molecule has 0 amide bonds. The molecule has 3 heterocycles. The van der Waals surface area contributed by atoms with Crippen molar-refractivity contribution in [2.45, 2.75) is 44.4 Å². The summed E-state index contributed by atoms with van der Waals surface area (Å²) in [6.07, 6.45) is 7.33. The van der Waals surface area contributed by atoms with Crippen molar-refractivity contribution in [1.29, 1.82) is 0 Å². The molecule has 0 radical (unpaired) electrons. The van der Waals surface area contributed by atoms with Gasteiger partial charge in [0.2, 0.25) is 0 Å². The molecule has 5 rings (SSSR count). The Morgan fingerprint density at radius 1 is 1.15 bits per heavy atom. The van der Waals surface area contributed by atoms with Gasteiger partial charge in [0, 0.05) is 37.8 Å². The standard InChI is InChI=1S/C27H30N6O/c1-32-17-13-23(14-18-32)34-26(27-29-24-11-4-5-12-25(24)30-27)22-10-7-9-21(20-22)8-3-2-6-16-33-19-15-28-31-33/h4-5,7,9-12,15,19-20,23,26H,2,6,13-14,16-18H2,1H3,(H,29,30). The summed E-state index contributed by atoms with van der Waals surface area (Å²) in [5, 5.41) is 7.83. The molecule has 4 aromatic rings. The van der Waals surface area contributed by atoms with E-state index in [9.17, 15) is 0 Å². The van der Waals surface area contributed by atoms with Crippen molar-refractivity contribution in [3.63, 3.8) is 0 Å². The third-order valence-electron chi connectivity index (χ3n) is 6.23. The van der Waals surface area contributed by atoms with E-state index in [1.165, 1.54) is 0 Å². The van der Waals surface area contributed by atoms with Gasteiger partial charge >= 0.3 is 0 Å². The highest BCUT2D eigenvalue weighted by Crippen LogP contribution is 2.30. The number of H-pyrrole nitrogens is 1. The van der Waals surface area contributed by atoms with Gasteiger partial charge < -0.3 is 14.6 Å². The number of aryl methyl sites for hydroxylation is 1. The minimum atomic E-state index is -0.255. The maximum atomic E-state index is 6.70. The highest BCUT2D eigenvalue weighted by atomic mass is 16.5. The second kappa shape index (κ2) is 10.6. The lowest BCUT2D eigenvalue weighted by atomic mass is 10.0. The Kier molecular flexibility index (Phi) is 6.99. The van der Waals surface area contributed by atoms with Crippen LogP contribution >= 0.6 is 0 Å². The fourth-order valence-electron chi connectivity index (χ4n) is 4.34. The molecule has 7 heteroatoms. The monoisotopic (exact) mass is 454 g/mol. The van der Waals surface area contributed by atoms with Crippen LogP contribution in [0.5, 0.6) is 0 Å². The van der Waals surface area contributed by atoms with E-state index in [-0.39, 0.29) is 12.2 Å². The van der Waals surface area contributed by atoms with Crippen molar-refractivity contribution >= 4 is 11.0 Å². The SMILES string of the molecule is CN1CCC(OC(c2cccc(C#CCCCn3ccnn3)c2)c2nc3ccccc3[nH]2)CC1. The van der Waals surface area contributed by atoms with E-state index >= 15 is 0 Å². The lowest BCUT2D eigenvalue weighted by molar-refractivity contribution is -0.0264. The zero-order chi connectivity index (χ0) is 23.2. The van der Waals surface area contributed by atoms with Crippen molar-refractivity contribution in [3.8, 4) is 11.8 Å². The normalized spacial score (nSPS) is 15.8. The van der Waals surface area contributed by atoms with E-state index in [1.54, 1.807) is 6.20 Å². The Morgan fingerprint density at radius 3 is 2.85 bits per heavy atom. The molecule has 1 fully saturated rings. The zero-order valence-electron chi connectivity index (χ0n) is 19.5. The van der Waals surface area contributed by atoms with E-state index in [4.69, 9.17) is 9.72 Å². The molecular formula is C27H30N6O. The molecule has 1 atom stereocenters. The lowest BCUT2D eigenvalue weighted by Gasteiger charge is -2.31. The molecule has 174 valence electrons. The van der Waals surface area contributed by atoms with Gasteiger partial charge in [0.1, 0.15) is 11.9 Å². The minimum Gasteiger partial charge on any atom is -0.362 e. The number of fused-ring (bicyclic) bond motifs is 1. The Labute approximate surface area is 200 Å². The lowest BCUT2D eigenvalue weighted by Crippen LogP contribution is -2.35. The molecule has 7 nitrogen and oxygen atoms in total. The van der Waals surface area contributed by atoms with Crippen LogP contribution in [-0.4, -0.2) is 56.1 Å². The topological polar surface area (TPSA) is 71.9 Å². The number of aromatic nitrogens is 5. The van der Waals surface area contributed by atoms with Gasteiger partial charge in [-0.25, -0.2) is 4.98 Å². The average molecular weight is 455 g/mol. The number of piperidine rings is 1. The van der Waals surface area contributed by atoms with Crippen LogP contribution < -0.4 is 0 Å². The van der Waals surface area contributed by atoms with Crippen LogP contribution in [0.2, 0.25) is 0 Å². The summed E-state index contributed by atoms with van der Waals surface area (Å²) in [5.74, 6) is 7.46. The van der Waals surface area contributed by atoms with Crippen LogP contribution in [0.25, 0.3) is 11.0 Å². The van der Waals surface area contributed by atoms with Gasteiger partial charge in [0.25, 0.3) is 0 Å². The first-order valence-corrected chi connectivity index (χ1v) is 12.0. The summed E-state index contributed by atoms with van der Waals surface area (Å²) in [7, 11) is 2.17. The fraction of sp³-hybridized carbons (Fsp3) is 0.370. The molecule has 1 saturated heterocycles. The predicted molar refractivity (Wildman–Crippen MR) is 132 cm³/mol. The number of benzene rings is 2. The van der Waals surface area contributed by atoms with Crippen LogP contribution in [0.15, 0.2) is 60.9 Å². The van der Waals surface area contributed by atoms with E-state index in [2.05, 4.69) is 69.4 Å². The first kappa shape index (κ1) is 22.3. The van der Waals surface area contributed by atoms with Gasteiger partial charge in [0.15, 0.2) is 0 Å². The minimum absolute atomic E-state index is 0.209. The maximum Gasteiger partial charge on any atom is 0.141 e. The van der Waals surface area contributed by atoms with Crippen molar-refractivity contribution in [3.05, 3.63) is 77.9 Å². The second-order valence-electron chi connectivity index (χ2n) is 8.85. The number of rotatable bonds is 7. The van der Waals surface area contributed by atoms with Crippen molar-refractivity contribution in [2.75, 3.05) is 20.1 Å². The molecule has 1 aliphatic heterocycles. The summed E-state index contributed by atoms with van der Waals surface area (Å²) >= 11 is 0. The van der Waals surface area contributed by atoms with Crippen molar-refractivity contribution in [1.82, 2.24) is 29.9 Å². The summed E-state index contributed by atoms with van der Waals surface area (Å²) in [4.78, 5) is 10.7. The largest absolute Gasteiger partial charge is 0.362 e. The van der Waals surface area contributed by atoms with Gasteiger partial charge in [-0.05, 0) is 56.1 Å². The Bertz CT molecular complexity index is 1230. The van der Waals surface area contributed by atoms with Gasteiger partial charge in [-0.2, -0.15) is 0 Å². The van der Waals surface area contributed by atoms with Crippen LogP contribution in [-0.2, 0) is 11.3 Å². The number of nitrogens with zero attached hydrogens (tertiary/aromatic N) is 5. The fourth-order valence-corrected chi connectivity index (χ4v) is 4.34. The van der Waals surface area contributed by atoms with E-state index < -0.39 is 0 Å². The number of imidazole rings is 1. The summed E-state index contributed by atoms with van der Waals surface area (Å²) in [6, 6.07) is 16.5. The zero-order valence-corrected chi connectivity index (χ0v) is 19.5. The molecule has 0 spiro atoms. The number of hydrogen-bond donors (Lipinski definition) is 1. The number of hydrogen-bond acceptors (Lipinski definition) is 5. The highest BCUT2D eigenvalue weighted by molar-refractivity contribution is 5.74. The Morgan fingerprint density at radius 2 is 2.03 bits per heavy atom. The van der Waals surface area contributed by atoms with Crippen LogP contribution in [0, 0.1) is 11.8 Å². The van der Waals surface area contributed by atoms with E-state index in [0.717, 1.165) is 73.3 Å². The quantitative estimate of drug-likeness (QED) is 0.335. The van der Waals surface area contributed by atoms with Gasteiger partial charge in [-0.1, -0.05) is 41.3 Å². The number of aromatic amines is 1. The molecule has 1 unspecified atom stereocenters. The van der Waals surface area contributed by atoms with Crippen molar-refractivity contribution < 1.29 is 4.74 Å². The maximum absolute atomic E-state index is 6.70. The molecule has 0 aliphatic carbocycles. The molecule has 34 heavy (non-hydrogen) atoms. The summed E-state index contributed by atoms with van der Waals surface area (Å²) in [5.41, 5.74) is 4.05. The van der Waals surface area contributed by atoms with Gasteiger partial charge in [-0.15, -0.1) is 5.10 Å². The number of ether oxygens (including phenoxy) is 1. The highest BCUT2D eigenvalue weighted by Gasteiger charge is 2.26. The molecule has 2 aromatic carbocycles. The molecule has 0 bridgehead atoms. The number of likely N-dealkylation sites (tertiary alicyclic amines) is 1. The summed E-state index contributed by atoms with van der Waals surface area (Å²) in [6.45, 7) is 2.93. The van der Waals surface area contributed by atoms with Crippen LogP contribution in [0.4, 0.5) is 0 Å². The van der Waals surface area contributed by atoms with Crippen LogP contribution in [0.3, 0.4) is 0 Å². The van der Waals surface area contributed by atoms with E-state index in [1.807, 2.05) is 29.1 Å². The van der Waals surface area contributed by atoms with E-state index in [0.29, 0.717) is 0 Å². The first-order chi connectivity index (χ1) is 16.7. The second-order valence-corrected chi connectivity index (χ2v) is 8.85. The molecule has 1 N–H and O–H groups in total. The van der Waals surface area contributed by atoms with Crippen LogP contribution in [0.1, 0.15) is 48.7 Å². The molecular weight excluding hydrogens is 424 g/mol. The third kappa shape index (κ3) is 5.53. The third-order valence-corrected chi connectivity index (χ3v) is 6.23. The molecule has 2 aromatic heterocycles.